The van der Waals surface area contributed by atoms with Crippen LogP contribution in [0.3, 0.4) is 0 Å². The first-order valence-corrected chi connectivity index (χ1v) is 9.11. The van der Waals surface area contributed by atoms with Crippen molar-refractivity contribution in [3.63, 3.8) is 0 Å². The van der Waals surface area contributed by atoms with Crippen molar-refractivity contribution in [2.45, 2.75) is 31.0 Å². The van der Waals surface area contributed by atoms with E-state index in [0.29, 0.717) is 25.9 Å². The molecule has 2 saturated heterocycles. The lowest BCUT2D eigenvalue weighted by Crippen LogP contribution is -2.56. The molecule has 3 rings (SSSR count). The minimum Gasteiger partial charge on any atom is -0.358 e. The number of nitrogens with one attached hydrogen (secondary N) is 2. The number of hydrogen-bond acceptors (Lipinski definition) is 5. The van der Waals surface area contributed by atoms with Crippen LogP contribution in [-0.2, 0) is 21.2 Å². The van der Waals surface area contributed by atoms with Crippen molar-refractivity contribution in [3.05, 3.63) is 42.4 Å². The van der Waals surface area contributed by atoms with Gasteiger partial charge < -0.3 is 15.0 Å². The molecule has 1 atom stereocenters. The highest BCUT2D eigenvalue weighted by molar-refractivity contribution is 7.93. The smallest absolute Gasteiger partial charge is 0.245 e. The number of aromatic amines is 1. The summed E-state index contributed by atoms with van der Waals surface area (Å²) in [4.78, 5) is 7.04. The Balaban J connectivity index is 1.96. The van der Waals surface area contributed by atoms with Crippen LogP contribution < -0.4 is 5.32 Å². The number of rotatable bonds is 5. The first-order chi connectivity index (χ1) is 11.0. The SMILES string of the molecule is C=CC(=C)S(=O)(=O)N1C(Cc2cnc[nH]2)COC12CCNCC2. The van der Waals surface area contributed by atoms with Gasteiger partial charge in [-0.05, 0) is 19.2 Å². The van der Waals surface area contributed by atoms with Crippen LogP contribution in [0.4, 0.5) is 0 Å². The van der Waals surface area contributed by atoms with Gasteiger partial charge >= 0.3 is 0 Å². The first kappa shape index (κ1) is 16.4. The molecule has 8 heteroatoms. The normalized spacial score (nSPS) is 24.8. The van der Waals surface area contributed by atoms with Gasteiger partial charge in [-0.1, -0.05) is 13.2 Å². The number of imidazole rings is 1. The number of aromatic nitrogens is 2. The van der Waals surface area contributed by atoms with Gasteiger partial charge in [-0.15, -0.1) is 0 Å². The number of piperidine rings is 1. The van der Waals surface area contributed by atoms with E-state index in [1.165, 1.54) is 10.4 Å². The molecular weight excluding hydrogens is 316 g/mol. The Morgan fingerprint density at radius 2 is 2.26 bits per heavy atom. The molecule has 2 aliphatic rings. The monoisotopic (exact) mass is 338 g/mol. The molecule has 1 spiro atoms. The lowest BCUT2D eigenvalue weighted by molar-refractivity contribution is -0.0711. The highest BCUT2D eigenvalue weighted by Gasteiger charge is 2.54. The molecule has 0 amide bonds. The minimum absolute atomic E-state index is 0.00974. The Labute approximate surface area is 136 Å². The van der Waals surface area contributed by atoms with Crippen molar-refractivity contribution in [2.75, 3.05) is 19.7 Å². The molecule has 2 N–H and O–H groups in total. The third-order valence-corrected chi connectivity index (χ3v) is 6.47. The topological polar surface area (TPSA) is 87.3 Å². The Hall–Kier alpha value is -1.48. The molecule has 23 heavy (non-hydrogen) atoms. The van der Waals surface area contributed by atoms with E-state index in [2.05, 4.69) is 28.4 Å². The maximum Gasteiger partial charge on any atom is 0.245 e. The quantitative estimate of drug-likeness (QED) is 0.774. The summed E-state index contributed by atoms with van der Waals surface area (Å²) in [6.45, 7) is 9.03. The van der Waals surface area contributed by atoms with Crippen LogP contribution in [0.2, 0.25) is 0 Å². The van der Waals surface area contributed by atoms with E-state index in [0.717, 1.165) is 18.8 Å². The predicted molar refractivity (Wildman–Crippen MR) is 87.0 cm³/mol. The summed E-state index contributed by atoms with van der Waals surface area (Å²) in [5.74, 6) is 0. The number of nitrogens with zero attached hydrogens (tertiary/aromatic N) is 2. The fraction of sp³-hybridized carbons (Fsp3) is 0.533. The summed E-state index contributed by atoms with van der Waals surface area (Å²) >= 11 is 0. The molecule has 2 fully saturated rings. The van der Waals surface area contributed by atoms with E-state index in [1.807, 2.05) is 0 Å². The molecule has 1 unspecified atom stereocenters. The van der Waals surface area contributed by atoms with Crippen molar-refractivity contribution in [1.82, 2.24) is 19.6 Å². The first-order valence-electron chi connectivity index (χ1n) is 7.67. The van der Waals surface area contributed by atoms with Crippen molar-refractivity contribution in [2.24, 2.45) is 0 Å². The molecule has 2 aliphatic heterocycles. The van der Waals surface area contributed by atoms with Gasteiger partial charge in [-0.25, -0.2) is 13.4 Å². The van der Waals surface area contributed by atoms with Gasteiger partial charge in [0.05, 0.1) is 23.9 Å². The third-order valence-electron chi connectivity index (χ3n) is 4.49. The second-order valence-electron chi connectivity index (χ2n) is 5.91. The average Bonchev–Trinajstić information content (AvgIpc) is 3.16. The Kier molecular flexibility index (Phi) is 4.41. The van der Waals surface area contributed by atoms with Crippen LogP contribution in [-0.4, -0.2) is 54.2 Å². The number of ether oxygens (including phenoxy) is 1. The van der Waals surface area contributed by atoms with E-state index >= 15 is 0 Å². The van der Waals surface area contributed by atoms with Crippen molar-refractivity contribution < 1.29 is 13.2 Å². The standard InChI is InChI=1S/C15H22N4O3S/c1-3-12(2)23(20,21)19-14(8-13-9-17-11-18-13)10-22-15(19)4-6-16-7-5-15/h3,9,11,14,16H,1-2,4-8,10H2,(H,17,18). The molecule has 126 valence electrons. The summed E-state index contributed by atoms with van der Waals surface area (Å²) < 4.78 is 33.6. The predicted octanol–water partition coefficient (Wildman–Crippen LogP) is 0.762. The van der Waals surface area contributed by atoms with Gasteiger partial charge in [0.15, 0.2) is 0 Å². The lowest BCUT2D eigenvalue weighted by atomic mass is 10.0. The van der Waals surface area contributed by atoms with Gasteiger partial charge in [0, 0.05) is 31.2 Å². The van der Waals surface area contributed by atoms with Crippen LogP contribution in [0.1, 0.15) is 18.5 Å². The van der Waals surface area contributed by atoms with Crippen LogP contribution in [0.15, 0.2) is 36.7 Å². The molecule has 0 bridgehead atoms. The second-order valence-corrected chi connectivity index (χ2v) is 7.78. The maximum atomic E-state index is 13.0. The lowest BCUT2D eigenvalue weighted by Gasteiger charge is -2.41. The van der Waals surface area contributed by atoms with E-state index in [9.17, 15) is 8.42 Å². The summed E-state index contributed by atoms with van der Waals surface area (Å²) in [5, 5.41) is 3.25. The number of H-pyrrole nitrogens is 1. The minimum atomic E-state index is -3.72. The highest BCUT2D eigenvalue weighted by atomic mass is 32.2. The summed E-state index contributed by atoms with van der Waals surface area (Å²) in [6, 6.07) is -0.282. The zero-order valence-electron chi connectivity index (χ0n) is 13.0. The molecule has 1 aromatic rings. The van der Waals surface area contributed by atoms with Crippen molar-refractivity contribution >= 4 is 10.0 Å². The molecule has 0 radical (unpaired) electrons. The van der Waals surface area contributed by atoms with E-state index in [4.69, 9.17) is 4.74 Å². The van der Waals surface area contributed by atoms with Gasteiger partial charge in [0.1, 0.15) is 5.72 Å². The Morgan fingerprint density at radius 1 is 1.52 bits per heavy atom. The molecule has 0 aromatic carbocycles. The van der Waals surface area contributed by atoms with Crippen LogP contribution in [0.25, 0.3) is 0 Å². The third kappa shape index (κ3) is 2.87. The number of allylic oxidation sites excluding steroid dienone is 1. The summed E-state index contributed by atoms with van der Waals surface area (Å²) in [6.07, 6.45) is 6.36. The Morgan fingerprint density at radius 3 is 2.87 bits per heavy atom. The molecule has 0 aliphatic carbocycles. The van der Waals surface area contributed by atoms with Gasteiger partial charge in [-0.2, -0.15) is 4.31 Å². The summed E-state index contributed by atoms with van der Waals surface area (Å²) in [7, 11) is -3.72. The fourth-order valence-corrected chi connectivity index (χ4v) is 5.00. The van der Waals surface area contributed by atoms with E-state index < -0.39 is 15.7 Å². The molecule has 1 aromatic heterocycles. The Bertz CT molecular complexity index is 678. The molecule has 0 saturated carbocycles. The van der Waals surface area contributed by atoms with Crippen molar-refractivity contribution in [3.8, 4) is 0 Å². The highest BCUT2D eigenvalue weighted by Crippen LogP contribution is 2.40. The van der Waals surface area contributed by atoms with Crippen LogP contribution >= 0.6 is 0 Å². The average molecular weight is 338 g/mol. The second kappa shape index (κ2) is 6.20. The van der Waals surface area contributed by atoms with E-state index in [1.54, 1.807) is 12.5 Å². The zero-order chi connectivity index (χ0) is 16.5. The largest absolute Gasteiger partial charge is 0.358 e. The zero-order valence-corrected chi connectivity index (χ0v) is 13.8. The van der Waals surface area contributed by atoms with Crippen LogP contribution in [0.5, 0.6) is 0 Å². The molecule has 7 nitrogen and oxygen atoms in total. The van der Waals surface area contributed by atoms with Gasteiger partial charge in [-0.3, -0.25) is 0 Å². The van der Waals surface area contributed by atoms with Crippen molar-refractivity contribution in [1.29, 1.82) is 0 Å². The van der Waals surface area contributed by atoms with Gasteiger partial charge in [0.25, 0.3) is 0 Å². The maximum absolute atomic E-state index is 13.0. The van der Waals surface area contributed by atoms with Gasteiger partial charge in [0.2, 0.25) is 10.0 Å². The number of sulfonamides is 1. The molecular formula is C15H22N4O3S. The van der Waals surface area contributed by atoms with E-state index in [-0.39, 0.29) is 10.9 Å². The molecule has 3 heterocycles. The number of hydrogen-bond donors (Lipinski definition) is 2. The summed E-state index contributed by atoms with van der Waals surface area (Å²) in [5.41, 5.74) is 0.0924. The van der Waals surface area contributed by atoms with Crippen LogP contribution in [0, 0.1) is 0 Å². The fourth-order valence-electron chi connectivity index (χ4n) is 3.34.